The van der Waals surface area contributed by atoms with Gasteiger partial charge in [-0.2, -0.15) is 0 Å². The van der Waals surface area contributed by atoms with Crippen LogP contribution < -0.4 is 15.0 Å². The van der Waals surface area contributed by atoms with E-state index in [1.54, 1.807) is 18.2 Å². The lowest BCUT2D eigenvalue weighted by atomic mass is 10.1. The summed E-state index contributed by atoms with van der Waals surface area (Å²) < 4.78 is 25.1. The average Bonchev–Trinajstić information content (AvgIpc) is 3.13. The third-order valence-electron chi connectivity index (χ3n) is 6.13. The molecule has 0 aliphatic carbocycles. The van der Waals surface area contributed by atoms with Crippen LogP contribution in [0.4, 0.5) is 10.1 Å². The molecule has 9 heteroatoms. The van der Waals surface area contributed by atoms with Gasteiger partial charge in [0.15, 0.2) is 12.5 Å². The Kier molecular flexibility index (Phi) is 5.92. The van der Waals surface area contributed by atoms with E-state index in [-0.39, 0.29) is 31.6 Å². The quantitative estimate of drug-likeness (QED) is 0.433. The molecule has 35 heavy (non-hydrogen) atoms. The number of aryl methyl sites for hydroxylation is 1. The van der Waals surface area contributed by atoms with Gasteiger partial charge in [-0.1, -0.05) is 29.4 Å². The largest absolute Gasteiger partial charge is 0.467 e. The number of nitrogens with zero attached hydrogens (tertiary/aromatic N) is 2. The number of ether oxygens (including phenoxy) is 2. The molecule has 2 aliphatic rings. The Hall–Kier alpha value is -4.24. The first-order valence-corrected chi connectivity index (χ1v) is 11.0. The number of benzene rings is 3. The van der Waals surface area contributed by atoms with Crippen molar-refractivity contribution in [3.05, 3.63) is 93.8 Å². The van der Waals surface area contributed by atoms with Crippen LogP contribution in [0.2, 0.25) is 0 Å². The Balaban J connectivity index is 1.45. The average molecular weight is 475 g/mol. The second-order valence-corrected chi connectivity index (χ2v) is 8.34. The summed E-state index contributed by atoms with van der Waals surface area (Å²) in [7, 11) is 0. The van der Waals surface area contributed by atoms with E-state index in [4.69, 9.17) is 9.47 Å². The van der Waals surface area contributed by atoms with Crippen LogP contribution in [0, 0.1) is 12.7 Å². The third-order valence-corrected chi connectivity index (χ3v) is 6.13. The minimum absolute atomic E-state index is 0.0186. The molecule has 0 radical (unpaired) electrons. The Morgan fingerprint density at radius 3 is 2.80 bits per heavy atom. The van der Waals surface area contributed by atoms with Crippen molar-refractivity contribution < 1.29 is 28.7 Å². The van der Waals surface area contributed by atoms with Crippen molar-refractivity contribution >= 4 is 23.2 Å². The van der Waals surface area contributed by atoms with E-state index in [1.807, 2.05) is 31.2 Å². The van der Waals surface area contributed by atoms with Crippen molar-refractivity contribution in [1.29, 1.82) is 0 Å². The van der Waals surface area contributed by atoms with E-state index in [0.717, 1.165) is 11.1 Å². The van der Waals surface area contributed by atoms with Crippen LogP contribution >= 0.6 is 0 Å². The fourth-order valence-electron chi connectivity index (χ4n) is 4.33. The summed E-state index contributed by atoms with van der Waals surface area (Å²) in [6.45, 7) is 2.49. The number of oxime groups is 1. The maximum absolute atomic E-state index is 14.3. The van der Waals surface area contributed by atoms with E-state index in [9.17, 15) is 19.2 Å². The summed E-state index contributed by atoms with van der Waals surface area (Å²) in [5.74, 6) is -0.917. The molecular weight excluding hydrogens is 453 g/mol. The molecule has 0 fully saturated rings. The summed E-state index contributed by atoms with van der Waals surface area (Å²) in [4.78, 5) is 27.3. The van der Waals surface area contributed by atoms with Crippen LogP contribution in [0.15, 0.2) is 59.8 Å². The summed E-state index contributed by atoms with van der Waals surface area (Å²) in [5.41, 5.74) is 3.98. The van der Waals surface area contributed by atoms with Crippen molar-refractivity contribution in [3.8, 4) is 5.75 Å². The minimum Gasteiger partial charge on any atom is -0.467 e. The van der Waals surface area contributed by atoms with E-state index < -0.39 is 11.7 Å². The molecule has 3 aromatic carbocycles. The molecule has 0 spiro atoms. The molecule has 0 saturated heterocycles. The van der Waals surface area contributed by atoms with Crippen LogP contribution in [0.25, 0.3) is 0 Å². The number of carbonyl (C=O) groups is 2. The SMILES string of the molecule is Cc1ccccc1CNC(=O)c1ccc2c(c1)N(Cc1cc(F)cc3c1OCOC3)C(=O)/C2=N\O. The van der Waals surface area contributed by atoms with E-state index in [1.165, 1.54) is 17.0 Å². The van der Waals surface area contributed by atoms with Gasteiger partial charge < -0.3 is 24.9 Å². The number of hydrogen-bond acceptors (Lipinski definition) is 6. The smallest absolute Gasteiger partial charge is 0.281 e. The van der Waals surface area contributed by atoms with Crippen molar-refractivity contribution in [2.24, 2.45) is 5.16 Å². The monoisotopic (exact) mass is 475 g/mol. The maximum Gasteiger partial charge on any atom is 0.281 e. The predicted octanol–water partition coefficient (Wildman–Crippen LogP) is 3.66. The molecule has 3 aromatic rings. The second-order valence-electron chi connectivity index (χ2n) is 8.34. The van der Waals surface area contributed by atoms with E-state index in [2.05, 4.69) is 10.5 Å². The van der Waals surface area contributed by atoms with Gasteiger partial charge in [0.05, 0.1) is 18.8 Å². The highest BCUT2D eigenvalue weighted by Crippen LogP contribution is 2.36. The lowest BCUT2D eigenvalue weighted by Crippen LogP contribution is -2.30. The van der Waals surface area contributed by atoms with Gasteiger partial charge in [0.25, 0.3) is 11.8 Å². The first-order valence-electron chi connectivity index (χ1n) is 11.0. The van der Waals surface area contributed by atoms with E-state index >= 15 is 0 Å². The molecule has 2 amide bonds. The molecule has 0 atom stereocenters. The normalized spacial score (nSPS) is 15.5. The van der Waals surface area contributed by atoms with Gasteiger partial charge in [0.1, 0.15) is 11.6 Å². The van der Waals surface area contributed by atoms with Gasteiger partial charge in [0.2, 0.25) is 0 Å². The maximum atomic E-state index is 14.3. The van der Waals surface area contributed by atoms with Crippen molar-refractivity contribution in [2.75, 3.05) is 11.7 Å². The predicted molar refractivity (Wildman–Crippen MR) is 125 cm³/mol. The van der Waals surface area contributed by atoms with E-state index in [0.29, 0.717) is 40.2 Å². The van der Waals surface area contributed by atoms with Crippen molar-refractivity contribution in [2.45, 2.75) is 26.6 Å². The Morgan fingerprint density at radius 2 is 2.00 bits per heavy atom. The van der Waals surface area contributed by atoms with Gasteiger partial charge >= 0.3 is 0 Å². The van der Waals surface area contributed by atoms with Gasteiger partial charge in [-0.15, -0.1) is 0 Å². The zero-order chi connectivity index (χ0) is 24.5. The molecule has 8 nitrogen and oxygen atoms in total. The standard InChI is InChI=1S/C26H22FN3O5/c1-15-4-2-3-5-17(15)11-28-25(31)16-6-7-21-22(10-16)30(26(32)23(21)29-33)12-18-8-20(27)9-19-13-34-14-35-24(18)19/h2-10,33H,11-14H2,1H3,(H,28,31)/b29-23-. The summed E-state index contributed by atoms with van der Waals surface area (Å²) in [5, 5.41) is 15.5. The van der Waals surface area contributed by atoms with Crippen molar-refractivity contribution in [3.63, 3.8) is 0 Å². The Morgan fingerprint density at radius 1 is 1.17 bits per heavy atom. The molecule has 2 aliphatic heterocycles. The molecule has 0 bridgehead atoms. The number of amides is 2. The lowest BCUT2D eigenvalue weighted by molar-refractivity contribution is -0.112. The topological polar surface area (TPSA) is 100 Å². The van der Waals surface area contributed by atoms with Crippen LogP contribution in [-0.4, -0.2) is 29.5 Å². The zero-order valence-electron chi connectivity index (χ0n) is 18.9. The molecule has 0 unspecified atom stereocenters. The molecule has 2 N–H and O–H groups in total. The van der Waals surface area contributed by atoms with Crippen LogP contribution in [-0.2, 0) is 29.2 Å². The first-order chi connectivity index (χ1) is 17.0. The molecular formula is C26H22FN3O5. The Labute approximate surface area is 200 Å². The molecule has 2 heterocycles. The molecule has 0 aromatic heterocycles. The van der Waals surface area contributed by atoms with Gasteiger partial charge in [-0.3, -0.25) is 9.59 Å². The Bertz CT molecular complexity index is 1370. The van der Waals surface area contributed by atoms with Gasteiger partial charge in [-0.25, -0.2) is 4.39 Å². The number of halogens is 1. The number of nitrogens with one attached hydrogen (secondary N) is 1. The number of carbonyl (C=O) groups excluding carboxylic acids is 2. The molecule has 5 rings (SSSR count). The van der Waals surface area contributed by atoms with Crippen LogP contribution in [0.3, 0.4) is 0 Å². The first kappa shape index (κ1) is 22.5. The van der Waals surface area contributed by atoms with Crippen LogP contribution in [0.5, 0.6) is 5.75 Å². The third kappa shape index (κ3) is 4.22. The fraction of sp³-hybridized carbons (Fsp3) is 0.192. The van der Waals surface area contributed by atoms with Gasteiger partial charge in [0, 0.05) is 28.8 Å². The molecule has 178 valence electrons. The highest BCUT2D eigenvalue weighted by Gasteiger charge is 2.36. The number of anilines is 1. The second kappa shape index (κ2) is 9.19. The van der Waals surface area contributed by atoms with Crippen LogP contribution in [0.1, 0.15) is 38.2 Å². The fourth-order valence-corrected chi connectivity index (χ4v) is 4.33. The number of hydrogen-bond donors (Lipinski definition) is 2. The van der Waals surface area contributed by atoms with Gasteiger partial charge in [-0.05, 0) is 48.4 Å². The number of rotatable bonds is 5. The summed E-state index contributed by atoms with van der Waals surface area (Å²) in [6.07, 6.45) is 0. The minimum atomic E-state index is -0.565. The zero-order valence-corrected chi connectivity index (χ0v) is 18.9. The lowest BCUT2D eigenvalue weighted by Gasteiger charge is -2.24. The number of fused-ring (bicyclic) bond motifs is 2. The molecule has 0 saturated carbocycles. The summed E-state index contributed by atoms with van der Waals surface area (Å²) >= 11 is 0. The summed E-state index contributed by atoms with van der Waals surface area (Å²) in [6, 6.07) is 15.1. The highest BCUT2D eigenvalue weighted by atomic mass is 19.1. The highest BCUT2D eigenvalue weighted by molar-refractivity contribution is 6.54. The van der Waals surface area contributed by atoms with Crippen molar-refractivity contribution in [1.82, 2.24) is 5.32 Å².